The molecular weight excluding hydrogens is 446 g/mol. The van der Waals surface area contributed by atoms with Crippen molar-refractivity contribution in [2.45, 2.75) is 18.6 Å². The van der Waals surface area contributed by atoms with E-state index in [1.54, 1.807) is 24.5 Å². The standard InChI is InChI=1S/C26H23N5O2S/c1-33-25(32)18-10-12-20(13-11-18)30-16-6-9-22(30)24-23(21-8-3-5-15-28-21)29-26(34)31(24)17-19-7-2-4-14-27-19/h2-16,23-24H,17H2,1H3,(H,29,34). The Morgan fingerprint density at radius 1 is 1.00 bits per heavy atom. The fourth-order valence-electron chi connectivity index (χ4n) is 4.31. The highest BCUT2D eigenvalue weighted by Crippen LogP contribution is 2.40. The van der Waals surface area contributed by atoms with Gasteiger partial charge in [-0.3, -0.25) is 9.97 Å². The number of nitrogens with one attached hydrogen (secondary N) is 1. The van der Waals surface area contributed by atoms with Crippen LogP contribution in [0.25, 0.3) is 5.69 Å². The zero-order chi connectivity index (χ0) is 23.5. The molecule has 34 heavy (non-hydrogen) atoms. The van der Waals surface area contributed by atoms with Gasteiger partial charge in [-0.1, -0.05) is 12.1 Å². The summed E-state index contributed by atoms with van der Waals surface area (Å²) in [5, 5.41) is 4.13. The monoisotopic (exact) mass is 469 g/mol. The van der Waals surface area contributed by atoms with Crippen LogP contribution in [0.15, 0.2) is 91.4 Å². The predicted octanol–water partition coefficient (Wildman–Crippen LogP) is 4.23. The second-order valence-electron chi connectivity index (χ2n) is 7.92. The lowest BCUT2D eigenvalue weighted by Crippen LogP contribution is -2.30. The summed E-state index contributed by atoms with van der Waals surface area (Å²) in [5.41, 5.74) is 4.32. The van der Waals surface area contributed by atoms with Gasteiger partial charge in [0.15, 0.2) is 5.11 Å². The second-order valence-corrected chi connectivity index (χ2v) is 8.30. The average Bonchev–Trinajstić information content (AvgIpc) is 3.49. The van der Waals surface area contributed by atoms with Gasteiger partial charge in [0.25, 0.3) is 0 Å². The third-order valence-corrected chi connectivity index (χ3v) is 6.26. The Hall–Kier alpha value is -4.04. The summed E-state index contributed by atoms with van der Waals surface area (Å²) in [6.45, 7) is 0.563. The SMILES string of the molecule is COC(=O)c1ccc(-n2cccc2C2C(c3ccccn3)NC(=S)N2Cc2ccccn2)cc1. The number of rotatable bonds is 6. The van der Waals surface area contributed by atoms with E-state index in [9.17, 15) is 4.79 Å². The number of hydrogen-bond donors (Lipinski definition) is 1. The molecule has 0 aliphatic carbocycles. The Morgan fingerprint density at radius 2 is 1.76 bits per heavy atom. The molecule has 2 atom stereocenters. The largest absolute Gasteiger partial charge is 0.465 e. The summed E-state index contributed by atoms with van der Waals surface area (Å²) in [6, 6.07) is 23.0. The summed E-state index contributed by atoms with van der Waals surface area (Å²) in [6.07, 6.45) is 5.60. The number of methoxy groups -OCH3 is 1. The Kier molecular flexibility index (Phi) is 6.05. The van der Waals surface area contributed by atoms with Gasteiger partial charge in [-0.2, -0.15) is 0 Å². The molecule has 0 spiro atoms. The van der Waals surface area contributed by atoms with Crippen LogP contribution in [0.4, 0.5) is 0 Å². The minimum absolute atomic E-state index is 0.125. The normalized spacial score (nSPS) is 17.4. The number of hydrogen-bond acceptors (Lipinski definition) is 5. The maximum Gasteiger partial charge on any atom is 0.337 e. The number of benzene rings is 1. The second kappa shape index (κ2) is 9.44. The van der Waals surface area contributed by atoms with Crippen molar-refractivity contribution in [3.8, 4) is 5.69 Å². The van der Waals surface area contributed by atoms with E-state index in [1.807, 2.05) is 60.8 Å². The number of nitrogens with zero attached hydrogens (tertiary/aromatic N) is 4. The molecule has 0 amide bonds. The molecule has 3 aromatic heterocycles. The van der Waals surface area contributed by atoms with Crippen LogP contribution in [0, 0.1) is 0 Å². The van der Waals surface area contributed by atoms with E-state index in [0.717, 1.165) is 22.8 Å². The molecule has 8 heteroatoms. The lowest BCUT2D eigenvalue weighted by atomic mass is 10.0. The molecule has 4 aromatic rings. The lowest BCUT2D eigenvalue weighted by molar-refractivity contribution is 0.0600. The van der Waals surface area contributed by atoms with Crippen molar-refractivity contribution in [1.29, 1.82) is 0 Å². The highest BCUT2D eigenvalue weighted by molar-refractivity contribution is 7.80. The lowest BCUT2D eigenvalue weighted by Gasteiger charge is -2.28. The van der Waals surface area contributed by atoms with Gasteiger partial charge in [-0.25, -0.2) is 4.79 Å². The highest BCUT2D eigenvalue weighted by atomic mass is 32.1. The first-order valence-corrected chi connectivity index (χ1v) is 11.3. The Morgan fingerprint density at radius 3 is 2.44 bits per heavy atom. The fraction of sp³-hybridized carbons (Fsp3) is 0.154. The van der Waals surface area contributed by atoms with Gasteiger partial charge in [-0.05, 0) is 72.9 Å². The van der Waals surface area contributed by atoms with Crippen LogP contribution in [0.2, 0.25) is 0 Å². The molecule has 1 fully saturated rings. The zero-order valence-corrected chi connectivity index (χ0v) is 19.4. The van der Waals surface area contributed by atoms with E-state index in [4.69, 9.17) is 17.0 Å². The molecule has 1 aliphatic heterocycles. The Bertz CT molecular complexity index is 1290. The van der Waals surface area contributed by atoms with Gasteiger partial charge in [0.2, 0.25) is 0 Å². The van der Waals surface area contributed by atoms with Crippen molar-refractivity contribution in [2.75, 3.05) is 7.11 Å². The first-order chi connectivity index (χ1) is 16.7. The van der Waals surface area contributed by atoms with Gasteiger partial charge in [0, 0.05) is 30.0 Å². The van der Waals surface area contributed by atoms with Crippen LogP contribution in [0.1, 0.15) is 39.5 Å². The molecule has 170 valence electrons. The summed E-state index contributed by atoms with van der Waals surface area (Å²) in [5.74, 6) is -0.360. The first-order valence-electron chi connectivity index (χ1n) is 10.9. The van der Waals surface area contributed by atoms with Gasteiger partial charge in [0.05, 0.1) is 42.7 Å². The molecule has 1 N–H and O–H groups in total. The minimum Gasteiger partial charge on any atom is -0.465 e. The number of carbonyl (C=O) groups is 1. The van der Waals surface area contributed by atoms with E-state index in [-0.39, 0.29) is 18.1 Å². The fourth-order valence-corrected chi connectivity index (χ4v) is 4.61. The molecular formula is C26H23N5O2S. The predicted molar refractivity (Wildman–Crippen MR) is 132 cm³/mol. The quantitative estimate of drug-likeness (QED) is 0.335. The van der Waals surface area contributed by atoms with Crippen molar-refractivity contribution in [3.05, 3.63) is 114 Å². The molecule has 0 radical (unpaired) electrons. The third kappa shape index (κ3) is 4.15. The topological polar surface area (TPSA) is 72.3 Å². The number of pyridine rings is 2. The van der Waals surface area contributed by atoms with Crippen LogP contribution in [-0.2, 0) is 11.3 Å². The molecule has 1 saturated heterocycles. The van der Waals surface area contributed by atoms with Crippen molar-refractivity contribution < 1.29 is 9.53 Å². The first kappa shape index (κ1) is 21.8. The van der Waals surface area contributed by atoms with Gasteiger partial charge in [-0.15, -0.1) is 0 Å². The summed E-state index contributed by atoms with van der Waals surface area (Å²) < 4.78 is 6.94. The van der Waals surface area contributed by atoms with Crippen LogP contribution >= 0.6 is 12.2 Å². The molecule has 2 unspecified atom stereocenters. The summed E-state index contributed by atoms with van der Waals surface area (Å²) in [7, 11) is 1.38. The van der Waals surface area contributed by atoms with Crippen molar-refractivity contribution in [2.24, 2.45) is 0 Å². The third-order valence-electron chi connectivity index (χ3n) is 5.91. The van der Waals surface area contributed by atoms with Crippen LogP contribution in [0.5, 0.6) is 0 Å². The smallest absolute Gasteiger partial charge is 0.337 e. The van der Waals surface area contributed by atoms with E-state index in [0.29, 0.717) is 17.2 Å². The number of carbonyl (C=O) groups excluding carboxylic acids is 1. The average molecular weight is 470 g/mol. The van der Waals surface area contributed by atoms with Crippen LogP contribution in [-0.4, -0.2) is 37.6 Å². The van der Waals surface area contributed by atoms with Gasteiger partial charge in [0.1, 0.15) is 0 Å². The Labute approximate surface area is 203 Å². The number of ether oxygens (including phenoxy) is 1. The molecule has 7 nitrogen and oxygen atoms in total. The number of thiocarbonyl (C=S) groups is 1. The molecule has 5 rings (SSSR count). The minimum atomic E-state index is -0.360. The van der Waals surface area contributed by atoms with E-state index in [2.05, 4.69) is 30.8 Å². The number of esters is 1. The van der Waals surface area contributed by atoms with Crippen molar-refractivity contribution >= 4 is 23.3 Å². The summed E-state index contributed by atoms with van der Waals surface area (Å²) >= 11 is 5.79. The molecule has 0 saturated carbocycles. The van der Waals surface area contributed by atoms with Crippen LogP contribution < -0.4 is 5.32 Å². The number of aromatic nitrogens is 3. The van der Waals surface area contributed by atoms with Crippen molar-refractivity contribution in [3.63, 3.8) is 0 Å². The summed E-state index contributed by atoms with van der Waals surface area (Å²) in [4.78, 5) is 23.2. The van der Waals surface area contributed by atoms with E-state index < -0.39 is 0 Å². The van der Waals surface area contributed by atoms with Gasteiger partial charge >= 0.3 is 5.97 Å². The molecule has 1 aliphatic rings. The van der Waals surface area contributed by atoms with Gasteiger partial charge < -0.3 is 19.5 Å². The maximum atomic E-state index is 11.9. The van der Waals surface area contributed by atoms with E-state index in [1.165, 1.54) is 7.11 Å². The van der Waals surface area contributed by atoms with E-state index >= 15 is 0 Å². The maximum absolute atomic E-state index is 11.9. The Balaban J connectivity index is 1.56. The molecule has 4 heterocycles. The molecule has 0 bridgehead atoms. The zero-order valence-electron chi connectivity index (χ0n) is 18.5. The highest BCUT2D eigenvalue weighted by Gasteiger charge is 2.41. The molecule has 1 aromatic carbocycles. The van der Waals surface area contributed by atoms with Crippen LogP contribution in [0.3, 0.4) is 0 Å². The van der Waals surface area contributed by atoms with Crippen molar-refractivity contribution in [1.82, 2.24) is 24.8 Å².